The Morgan fingerprint density at radius 3 is 2.40 bits per heavy atom. The van der Waals surface area contributed by atoms with Gasteiger partial charge in [-0.15, -0.1) is 0 Å². The SMILES string of the molecule is COc1ccc(C(=O)c2ccc(OC)c(Br)c2)c(F)c1. The van der Waals surface area contributed by atoms with E-state index in [-0.39, 0.29) is 5.56 Å². The predicted molar refractivity (Wildman–Crippen MR) is 77.1 cm³/mol. The van der Waals surface area contributed by atoms with Crippen molar-refractivity contribution in [3.8, 4) is 11.5 Å². The Balaban J connectivity index is 2.38. The van der Waals surface area contributed by atoms with Crippen LogP contribution in [0.25, 0.3) is 0 Å². The lowest BCUT2D eigenvalue weighted by Crippen LogP contribution is -2.05. The third-order valence-electron chi connectivity index (χ3n) is 2.83. The maximum absolute atomic E-state index is 13.9. The fourth-order valence-electron chi connectivity index (χ4n) is 1.77. The normalized spacial score (nSPS) is 10.2. The number of methoxy groups -OCH3 is 2. The summed E-state index contributed by atoms with van der Waals surface area (Å²) in [5, 5.41) is 0. The summed E-state index contributed by atoms with van der Waals surface area (Å²) in [6.45, 7) is 0. The van der Waals surface area contributed by atoms with Crippen molar-refractivity contribution in [2.24, 2.45) is 0 Å². The number of carbonyl (C=O) groups is 1. The molecule has 0 unspecified atom stereocenters. The van der Waals surface area contributed by atoms with Crippen LogP contribution in [0.3, 0.4) is 0 Å². The minimum atomic E-state index is -0.610. The lowest BCUT2D eigenvalue weighted by Gasteiger charge is -2.07. The molecular weight excluding hydrogens is 327 g/mol. The molecule has 104 valence electrons. The summed E-state index contributed by atoms with van der Waals surface area (Å²) in [6, 6.07) is 8.99. The Morgan fingerprint density at radius 2 is 1.85 bits per heavy atom. The molecule has 0 saturated heterocycles. The van der Waals surface area contributed by atoms with Gasteiger partial charge in [0.05, 0.1) is 24.3 Å². The maximum Gasteiger partial charge on any atom is 0.196 e. The highest BCUT2D eigenvalue weighted by molar-refractivity contribution is 9.10. The fraction of sp³-hybridized carbons (Fsp3) is 0.133. The Labute approximate surface area is 124 Å². The largest absolute Gasteiger partial charge is 0.497 e. The van der Waals surface area contributed by atoms with E-state index in [9.17, 15) is 9.18 Å². The molecule has 0 spiro atoms. The highest BCUT2D eigenvalue weighted by atomic mass is 79.9. The lowest BCUT2D eigenvalue weighted by molar-refractivity contribution is 0.103. The van der Waals surface area contributed by atoms with E-state index in [0.29, 0.717) is 21.5 Å². The number of halogens is 2. The zero-order chi connectivity index (χ0) is 14.7. The molecule has 2 aromatic rings. The maximum atomic E-state index is 13.9. The third kappa shape index (κ3) is 2.82. The molecule has 0 aromatic heterocycles. The molecule has 0 aliphatic rings. The molecule has 0 aliphatic heterocycles. The highest BCUT2D eigenvalue weighted by Crippen LogP contribution is 2.27. The zero-order valence-electron chi connectivity index (χ0n) is 10.9. The van der Waals surface area contributed by atoms with Crippen molar-refractivity contribution >= 4 is 21.7 Å². The molecule has 0 radical (unpaired) electrons. The summed E-state index contributed by atoms with van der Waals surface area (Å²) in [5.74, 6) is -0.0264. The van der Waals surface area contributed by atoms with E-state index in [1.54, 1.807) is 24.3 Å². The minimum absolute atomic E-state index is 0.00265. The molecule has 3 nitrogen and oxygen atoms in total. The van der Waals surface area contributed by atoms with Gasteiger partial charge in [-0.3, -0.25) is 4.79 Å². The topological polar surface area (TPSA) is 35.5 Å². The number of rotatable bonds is 4. The molecule has 2 rings (SSSR count). The van der Waals surface area contributed by atoms with E-state index < -0.39 is 11.6 Å². The van der Waals surface area contributed by atoms with Gasteiger partial charge in [0, 0.05) is 11.6 Å². The van der Waals surface area contributed by atoms with Gasteiger partial charge in [0.1, 0.15) is 17.3 Å². The van der Waals surface area contributed by atoms with Crippen LogP contribution in [0.4, 0.5) is 4.39 Å². The van der Waals surface area contributed by atoms with Gasteiger partial charge in [0.25, 0.3) is 0 Å². The van der Waals surface area contributed by atoms with Crippen molar-refractivity contribution in [3.63, 3.8) is 0 Å². The van der Waals surface area contributed by atoms with Gasteiger partial charge in [0.2, 0.25) is 0 Å². The summed E-state index contributed by atoms with van der Waals surface area (Å²) >= 11 is 3.30. The second-order valence-corrected chi connectivity index (χ2v) is 4.88. The molecule has 5 heteroatoms. The van der Waals surface area contributed by atoms with Crippen molar-refractivity contribution in [1.29, 1.82) is 0 Å². The summed E-state index contributed by atoms with van der Waals surface area (Å²) in [4.78, 5) is 12.3. The highest BCUT2D eigenvalue weighted by Gasteiger charge is 2.16. The van der Waals surface area contributed by atoms with Crippen LogP contribution in [-0.2, 0) is 0 Å². The Kier molecular flexibility index (Phi) is 4.39. The minimum Gasteiger partial charge on any atom is -0.497 e. The van der Waals surface area contributed by atoms with Crippen LogP contribution in [0, 0.1) is 5.82 Å². The average Bonchev–Trinajstić information content (AvgIpc) is 2.46. The van der Waals surface area contributed by atoms with Crippen LogP contribution >= 0.6 is 15.9 Å². The molecule has 0 amide bonds. The first-order valence-corrected chi connectivity index (χ1v) is 6.58. The molecule has 0 heterocycles. The van der Waals surface area contributed by atoms with Gasteiger partial charge >= 0.3 is 0 Å². The van der Waals surface area contributed by atoms with Gasteiger partial charge in [-0.2, -0.15) is 0 Å². The zero-order valence-corrected chi connectivity index (χ0v) is 12.5. The average molecular weight is 339 g/mol. The van der Waals surface area contributed by atoms with Crippen molar-refractivity contribution in [1.82, 2.24) is 0 Å². The van der Waals surface area contributed by atoms with Gasteiger partial charge in [-0.25, -0.2) is 4.39 Å². The number of hydrogen-bond acceptors (Lipinski definition) is 3. The van der Waals surface area contributed by atoms with Gasteiger partial charge in [-0.1, -0.05) is 0 Å². The number of ketones is 1. The quantitative estimate of drug-likeness (QED) is 0.794. The Morgan fingerprint density at radius 1 is 1.10 bits per heavy atom. The number of hydrogen-bond donors (Lipinski definition) is 0. The van der Waals surface area contributed by atoms with Crippen molar-refractivity contribution in [2.75, 3.05) is 14.2 Å². The van der Waals surface area contributed by atoms with Crippen LogP contribution in [0.1, 0.15) is 15.9 Å². The first-order chi connectivity index (χ1) is 9.56. The molecule has 0 bridgehead atoms. The van der Waals surface area contributed by atoms with Crippen molar-refractivity contribution < 1.29 is 18.7 Å². The summed E-state index contributed by atoms with van der Waals surface area (Å²) in [5.41, 5.74) is 0.379. The van der Waals surface area contributed by atoms with Crippen LogP contribution in [0.15, 0.2) is 40.9 Å². The predicted octanol–water partition coefficient (Wildman–Crippen LogP) is 3.84. The molecule has 0 fully saturated rings. The first kappa shape index (κ1) is 14.5. The van der Waals surface area contributed by atoms with Crippen molar-refractivity contribution in [2.45, 2.75) is 0 Å². The van der Waals surface area contributed by atoms with Gasteiger partial charge in [-0.05, 0) is 46.3 Å². The van der Waals surface area contributed by atoms with Crippen LogP contribution in [0.2, 0.25) is 0 Å². The summed E-state index contributed by atoms with van der Waals surface area (Å²) in [6.07, 6.45) is 0. The molecule has 20 heavy (non-hydrogen) atoms. The Hall–Kier alpha value is -1.88. The van der Waals surface area contributed by atoms with Gasteiger partial charge < -0.3 is 9.47 Å². The van der Waals surface area contributed by atoms with E-state index >= 15 is 0 Å². The van der Waals surface area contributed by atoms with E-state index in [1.165, 1.54) is 26.4 Å². The number of benzene rings is 2. The summed E-state index contributed by atoms with van der Waals surface area (Å²) < 4.78 is 24.5. The second kappa shape index (κ2) is 6.05. The van der Waals surface area contributed by atoms with E-state index in [1.807, 2.05) is 0 Å². The molecule has 2 aromatic carbocycles. The van der Waals surface area contributed by atoms with E-state index in [2.05, 4.69) is 15.9 Å². The van der Waals surface area contributed by atoms with Crippen LogP contribution < -0.4 is 9.47 Å². The van der Waals surface area contributed by atoms with Crippen LogP contribution in [0.5, 0.6) is 11.5 Å². The summed E-state index contributed by atoms with van der Waals surface area (Å²) in [7, 11) is 2.97. The smallest absolute Gasteiger partial charge is 0.196 e. The number of ether oxygens (including phenoxy) is 2. The molecular formula is C15H12BrFO3. The standard InChI is InChI=1S/C15H12BrFO3/c1-19-10-4-5-11(13(17)8-10)15(18)9-3-6-14(20-2)12(16)7-9/h3-8H,1-2H3. The second-order valence-electron chi connectivity index (χ2n) is 4.02. The van der Waals surface area contributed by atoms with Crippen molar-refractivity contribution in [3.05, 3.63) is 57.8 Å². The molecule has 0 saturated carbocycles. The lowest BCUT2D eigenvalue weighted by atomic mass is 10.0. The number of carbonyl (C=O) groups excluding carboxylic acids is 1. The molecule has 0 atom stereocenters. The van der Waals surface area contributed by atoms with Gasteiger partial charge in [0.15, 0.2) is 5.78 Å². The molecule has 0 N–H and O–H groups in total. The Bertz CT molecular complexity index is 656. The first-order valence-electron chi connectivity index (χ1n) is 5.78. The fourth-order valence-corrected chi connectivity index (χ4v) is 2.31. The van der Waals surface area contributed by atoms with E-state index in [0.717, 1.165) is 0 Å². The van der Waals surface area contributed by atoms with E-state index in [4.69, 9.17) is 9.47 Å². The third-order valence-corrected chi connectivity index (χ3v) is 3.45. The monoisotopic (exact) mass is 338 g/mol. The van der Waals surface area contributed by atoms with Crippen LogP contribution in [-0.4, -0.2) is 20.0 Å². The molecule has 0 aliphatic carbocycles.